The van der Waals surface area contributed by atoms with E-state index in [1.807, 2.05) is 19.1 Å². The van der Waals surface area contributed by atoms with E-state index < -0.39 is 10.2 Å². The van der Waals surface area contributed by atoms with Gasteiger partial charge < -0.3 is 5.11 Å². The largest absolute Gasteiger partial charge is 0.508 e. The van der Waals surface area contributed by atoms with Crippen LogP contribution >= 0.6 is 15.9 Å². The molecule has 1 aromatic carbocycles. The van der Waals surface area contributed by atoms with Crippen molar-refractivity contribution in [2.24, 2.45) is 5.92 Å². The summed E-state index contributed by atoms with van der Waals surface area (Å²) in [6.07, 6.45) is 5.69. The fourth-order valence-electron chi connectivity index (χ4n) is 3.75. The molecule has 2 aliphatic rings. The summed E-state index contributed by atoms with van der Waals surface area (Å²) in [5, 5.41) is 9.81. The lowest BCUT2D eigenvalue weighted by Crippen LogP contribution is -2.52. The second-order valence-electron chi connectivity index (χ2n) is 6.50. The van der Waals surface area contributed by atoms with Gasteiger partial charge in [0.25, 0.3) is 0 Å². The highest BCUT2D eigenvalue weighted by Gasteiger charge is 2.56. The van der Waals surface area contributed by atoms with Gasteiger partial charge >= 0.3 is 0 Å². The summed E-state index contributed by atoms with van der Waals surface area (Å²) in [4.78, 5) is 25.6. The van der Waals surface area contributed by atoms with Crippen LogP contribution in [0.15, 0.2) is 54.2 Å². The molecule has 24 heavy (non-hydrogen) atoms. The van der Waals surface area contributed by atoms with Gasteiger partial charge in [-0.15, -0.1) is 0 Å². The Bertz CT molecular complexity index is 818. The molecule has 0 spiro atoms. The van der Waals surface area contributed by atoms with Crippen LogP contribution in [0.25, 0.3) is 0 Å². The zero-order valence-electron chi connectivity index (χ0n) is 13.7. The Kier molecular flexibility index (Phi) is 4.12. The van der Waals surface area contributed by atoms with Crippen molar-refractivity contribution in [2.45, 2.75) is 30.5 Å². The number of rotatable bonds is 2. The molecule has 3 unspecified atom stereocenters. The van der Waals surface area contributed by atoms with Gasteiger partial charge in [0.05, 0.1) is 0 Å². The van der Waals surface area contributed by atoms with Gasteiger partial charge in [0.1, 0.15) is 10.1 Å². The summed E-state index contributed by atoms with van der Waals surface area (Å²) in [5.41, 5.74) is 3.04. The first-order chi connectivity index (χ1) is 11.3. The number of fused-ring (bicyclic) bond motifs is 1. The molecule has 3 nitrogen and oxygen atoms in total. The summed E-state index contributed by atoms with van der Waals surface area (Å²) >= 11 is 3.67. The van der Waals surface area contributed by atoms with Crippen molar-refractivity contribution < 1.29 is 14.7 Å². The van der Waals surface area contributed by atoms with E-state index in [0.29, 0.717) is 12.0 Å². The van der Waals surface area contributed by atoms with Gasteiger partial charge in [-0.05, 0) is 54.7 Å². The first kappa shape index (κ1) is 16.9. The van der Waals surface area contributed by atoms with E-state index >= 15 is 0 Å². The number of carbonyl (C=O) groups is 2. The van der Waals surface area contributed by atoms with Crippen LogP contribution in [0, 0.1) is 12.8 Å². The van der Waals surface area contributed by atoms with Gasteiger partial charge in [0, 0.05) is 11.8 Å². The third kappa shape index (κ3) is 2.32. The van der Waals surface area contributed by atoms with E-state index in [1.54, 1.807) is 25.1 Å². The summed E-state index contributed by atoms with van der Waals surface area (Å²) in [7, 11) is 0. The molecule has 3 atom stereocenters. The third-order valence-electron chi connectivity index (χ3n) is 5.07. The van der Waals surface area contributed by atoms with Crippen LogP contribution < -0.4 is 0 Å². The van der Waals surface area contributed by atoms with Crippen molar-refractivity contribution >= 4 is 27.5 Å². The number of Topliss-reactive ketones (excluding diaryl/α,β-unsaturated/α-hetero) is 1. The van der Waals surface area contributed by atoms with Crippen LogP contribution in [-0.2, 0) is 9.59 Å². The second-order valence-corrected chi connectivity index (χ2v) is 7.81. The van der Waals surface area contributed by atoms with E-state index in [0.717, 1.165) is 16.7 Å². The van der Waals surface area contributed by atoms with Gasteiger partial charge in [-0.3, -0.25) is 9.59 Å². The number of alkyl halides is 1. The SMILES string of the molecule is C=CC1=CCC2C(=O)C(C)=CC(=O)C2(Br)C1c1ccc(O)c(C)c1. The van der Waals surface area contributed by atoms with Crippen molar-refractivity contribution in [1.29, 1.82) is 0 Å². The number of hydrogen-bond donors (Lipinski definition) is 1. The first-order valence-corrected chi connectivity index (χ1v) is 8.67. The summed E-state index contributed by atoms with van der Waals surface area (Å²) < 4.78 is -1.01. The molecule has 0 aromatic heterocycles. The molecule has 3 rings (SSSR count). The van der Waals surface area contributed by atoms with E-state index in [2.05, 4.69) is 22.5 Å². The molecular weight excluding hydrogens is 368 g/mol. The van der Waals surface area contributed by atoms with Gasteiger partial charge in [0.15, 0.2) is 11.6 Å². The number of ketones is 2. The minimum absolute atomic E-state index is 0.00587. The minimum atomic E-state index is -1.01. The number of aryl methyl sites for hydroxylation is 1. The Balaban J connectivity index is 2.23. The van der Waals surface area contributed by atoms with Crippen LogP contribution in [-0.4, -0.2) is 21.0 Å². The van der Waals surface area contributed by atoms with Crippen molar-refractivity contribution in [3.05, 3.63) is 65.3 Å². The average molecular weight is 387 g/mol. The van der Waals surface area contributed by atoms with Crippen LogP contribution in [0.3, 0.4) is 0 Å². The van der Waals surface area contributed by atoms with Gasteiger partial charge in [0.2, 0.25) is 0 Å². The zero-order chi connectivity index (χ0) is 17.6. The van der Waals surface area contributed by atoms with Crippen LogP contribution in [0.2, 0.25) is 0 Å². The number of carbonyl (C=O) groups excluding carboxylic acids is 2. The monoisotopic (exact) mass is 386 g/mol. The van der Waals surface area contributed by atoms with E-state index in [4.69, 9.17) is 0 Å². The zero-order valence-corrected chi connectivity index (χ0v) is 15.3. The molecule has 0 saturated carbocycles. The molecule has 124 valence electrons. The van der Waals surface area contributed by atoms with E-state index in [-0.39, 0.29) is 23.2 Å². The molecule has 0 aliphatic heterocycles. The summed E-state index contributed by atoms with van der Waals surface area (Å²) in [6.45, 7) is 7.39. The van der Waals surface area contributed by atoms with Crippen LogP contribution in [0.4, 0.5) is 0 Å². The van der Waals surface area contributed by atoms with Crippen LogP contribution in [0.5, 0.6) is 5.75 Å². The van der Waals surface area contributed by atoms with Crippen molar-refractivity contribution in [2.75, 3.05) is 0 Å². The number of hydrogen-bond acceptors (Lipinski definition) is 3. The molecule has 0 radical (unpaired) electrons. The van der Waals surface area contributed by atoms with Gasteiger partial charge in [-0.25, -0.2) is 0 Å². The first-order valence-electron chi connectivity index (χ1n) is 7.88. The average Bonchev–Trinajstić information content (AvgIpc) is 2.55. The van der Waals surface area contributed by atoms with E-state index in [1.165, 1.54) is 6.08 Å². The highest BCUT2D eigenvalue weighted by atomic mass is 79.9. The Morgan fingerprint density at radius 2 is 2.04 bits per heavy atom. The normalized spacial score (nSPS) is 29.6. The Morgan fingerprint density at radius 1 is 1.33 bits per heavy atom. The van der Waals surface area contributed by atoms with Gasteiger partial charge in [-0.2, -0.15) is 0 Å². The molecule has 4 heteroatoms. The minimum Gasteiger partial charge on any atom is -0.508 e. The fourth-order valence-corrected chi connectivity index (χ4v) is 4.78. The highest BCUT2D eigenvalue weighted by Crippen LogP contribution is 2.54. The lowest BCUT2D eigenvalue weighted by Gasteiger charge is -2.45. The topological polar surface area (TPSA) is 54.4 Å². The Labute approximate surface area is 149 Å². The predicted octanol–water partition coefficient (Wildman–Crippen LogP) is 4.15. The quantitative estimate of drug-likeness (QED) is 0.776. The van der Waals surface area contributed by atoms with Gasteiger partial charge in [-0.1, -0.05) is 46.8 Å². The number of halogens is 1. The van der Waals surface area contributed by atoms with Crippen molar-refractivity contribution in [3.8, 4) is 5.75 Å². The van der Waals surface area contributed by atoms with Crippen molar-refractivity contribution in [1.82, 2.24) is 0 Å². The molecule has 0 amide bonds. The Morgan fingerprint density at radius 3 is 2.67 bits per heavy atom. The number of allylic oxidation sites excluding steroid dienone is 5. The fraction of sp³-hybridized carbons (Fsp3) is 0.300. The lowest BCUT2D eigenvalue weighted by atomic mass is 9.63. The smallest absolute Gasteiger partial charge is 0.174 e. The molecular formula is C20H19BrO3. The molecule has 0 heterocycles. The third-order valence-corrected chi connectivity index (χ3v) is 6.47. The lowest BCUT2D eigenvalue weighted by molar-refractivity contribution is -0.128. The number of phenols is 1. The van der Waals surface area contributed by atoms with Crippen molar-refractivity contribution in [3.63, 3.8) is 0 Å². The summed E-state index contributed by atoms with van der Waals surface area (Å²) in [6, 6.07) is 5.30. The standard InChI is InChI=1S/C20H19BrO3/c1-4-13-5-7-15-19(24)12(3)10-17(23)20(15,21)18(13)14-6-8-16(22)11(2)9-14/h4-6,8-10,15,18,22H,1,7H2,2-3H3. The highest BCUT2D eigenvalue weighted by molar-refractivity contribution is 9.10. The number of aromatic hydroxyl groups is 1. The Hall–Kier alpha value is -1.94. The molecule has 0 saturated heterocycles. The maximum absolute atomic E-state index is 12.9. The molecule has 1 N–H and O–H groups in total. The molecule has 1 aromatic rings. The second kappa shape index (κ2) is 5.85. The number of benzene rings is 1. The maximum atomic E-state index is 12.9. The molecule has 2 aliphatic carbocycles. The van der Waals surface area contributed by atoms with Crippen LogP contribution in [0.1, 0.15) is 30.4 Å². The molecule has 0 fully saturated rings. The number of phenolic OH excluding ortho intramolecular Hbond substituents is 1. The molecule has 0 bridgehead atoms. The predicted molar refractivity (Wildman–Crippen MR) is 97.4 cm³/mol. The van der Waals surface area contributed by atoms with E-state index in [9.17, 15) is 14.7 Å². The maximum Gasteiger partial charge on any atom is 0.174 e. The summed E-state index contributed by atoms with van der Waals surface area (Å²) in [5.74, 6) is -0.633.